The summed E-state index contributed by atoms with van der Waals surface area (Å²) in [7, 11) is 0. The number of hydrogen-bond donors (Lipinski definition) is 2. The standard InChI is InChI=1S/C18H31N5O/c1-14(17-13-20-21-15(17)2)19-7-8-22-9-11-23(12-10-22)18(24)16-5-3-4-6-16/h13-14,16,19H,3-12H2,1-2H3,(H,20,21)/t14-/m1/s1. The lowest BCUT2D eigenvalue weighted by molar-refractivity contribution is -0.137. The Morgan fingerprint density at radius 1 is 1.33 bits per heavy atom. The number of rotatable bonds is 6. The topological polar surface area (TPSA) is 64.3 Å². The maximum atomic E-state index is 12.5. The summed E-state index contributed by atoms with van der Waals surface area (Å²) < 4.78 is 0. The van der Waals surface area contributed by atoms with E-state index in [-0.39, 0.29) is 0 Å². The summed E-state index contributed by atoms with van der Waals surface area (Å²) in [6.45, 7) is 10.0. The number of piperazine rings is 1. The van der Waals surface area contributed by atoms with Crippen molar-refractivity contribution in [3.63, 3.8) is 0 Å². The van der Waals surface area contributed by atoms with Crippen molar-refractivity contribution in [2.75, 3.05) is 39.3 Å². The first-order valence-electron chi connectivity index (χ1n) is 9.39. The lowest BCUT2D eigenvalue weighted by atomic mass is 10.1. The van der Waals surface area contributed by atoms with Crippen molar-refractivity contribution in [3.05, 3.63) is 17.5 Å². The molecule has 1 aliphatic carbocycles. The number of H-pyrrole nitrogens is 1. The molecule has 0 unspecified atom stereocenters. The highest BCUT2D eigenvalue weighted by Gasteiger charge is 2.29. The molecule has 1 amide bonds. The van der Waals surface area contributed by atoms with Gasteiger partial charge in [-0.15, -0.1) is 0 Å². The van der Waals surface area contributed by atoms with Gasteiger partial charge in [0, 0.05) is 62.5 Å². The van der Waals surface area contributed by atoms with E-state index in [1.165, 1.54) is 18.4 Å². The molecule has 1 aliphatic heterocycles. The molecule has 0 radical (unpaired) electrons. The fourth-order valence-corrected chi connectivity index (χ4v) is 3.97. The van der Waals surface area contributed by atoms with E-state index in [9.17, 15) is 4.79 Å². The van der Waals surface area contributed by atoms with Gasteiger partial charge < -0.3 is 10.2 Å². The predicted octanol–water partition coefficient (Wildman–Crippen LogP) is 1.70. The first-order valence-corrected chi connectivity index (χ1v) is 9.39. The van der Waals surface area contributed by atoms with Gasteiger partial charge in [-0.05, 0) is 26.7 Å². The second-order valence-electron chi connectivity index (χ2n) is 7.27. The van der Waals surface area contributed by atoms with Gasteiger partial charge in [0.05, 0.1) is 6.20 Å². The maximum Gasteiger partial charge on any atom is 0.225 e. The molecule has 1 aromatic rings. The molecule has 2 fully saturated rings. The van der Waals surface area contributed by atoms with E-state index in [1.54, 1.807) is 0 Å². The average molecular weight is 333 g/mol. The lowest BCUT2D eigenvalue weighted by Crippen LogP contribution is -2.51. The zero-order valence-electron chi connectivity index (χ0n) is 15.1. The first kappa shape index (κ1) is 17.4. The minimum Gasteiger partial charge on any atom is -0.340 e. The van der Waals surface area contributed by atoms with E-state index in [0.717, 1.165) is 57.8 Å². The van der Waals surface area contributed by atoms with Crippen LogP contribution < -0.4 is 5.32 Å². The van der Waals surface area contributed by atoms with Gasteiger partial charge in [-0.3, -0.25) is 14.8 Å². The molecule has 24 heavy (non-hydrogen) atoms. The Morgan fingerprint density at radius 3 is 2.67 bits per heavy atom. The van der Waals surface area contributed by atoms with Gasteiger partial charge in [-0.25, -0.2) is 0 Å². The summed E-state index contributed by atoms with van der Waals surface area (Å²) in [5, 5.41) is 10.6. The number of aromatic nitrogens is 2. The van der Waals surface area contributed by atoms with Gasteiger partial charge in [0.15, 0.2) is 0 Å². The molecule has 0 bridgehead atoms. The third kappa shape index (κ3) is 4.16. The minimum absolute atomic E-state index is 0.314. The molecule has 1 saturated heterocycles. The Hall–Kier alpha value is -1.40. The summed E-state index contributed by atoms with van der Waals surface area (Å²) in [6.07, 6.45) is 6.58. The largest absolute Gasteiger partial charge is 0.340 e. The van der Waals surface area contributed by atoms with Crippen LogP contribution in [0.25, 0.3) is 0 Å². The van der Waals surface area contributed by atoms with Crippen molar-refractivity contribution in [3.8, 4) is 0 Å². The molecule has 134 valence electrons. The number of aromatic amines is 1. The Morgan fingerprint density at radius 2 is 2.04 bits per heavy atom. The normalized spacial score (nSPS) is 21.3. The van der Waals surface area contributed by atoms with Crippen molar-refractivity contribution in [2.45, 2.75) is 45.6 Å². The van der Waals surface area contributed by atoms with E-state index in [4.69, 9.17) is 0 Å². The van der Waals surface area contributed by atoms with E-state index < -0.39 is 0 Å². The Kier molecular flexibility index (Phi) is 5.89. The van der Waals surface area contributed by atoms with E-state index in [0.29, 0.717) is 17.9 Å². The summed E-state index contributed by atoms with van der Waals surface area (Å²) >= 11 is 0. The van der Waals surface area contributed by atoms with Crippen LogP contribution in [0.5, 0.6) is 0 Å². The monoisotopic (exact) mass is 333 g/mol. The number of carbonyl (C=O) groups excluding carboxylic acids is 1. The molecule has 2 heterocycles. The van der Waals surface area contributed by atoms with Gasteiger partial charge in [-0.2, -0.15) is 5.10 Å². The number of nitrogens with one attached hydrogen (secondary N) is 2. The van der Waals surface area contributed by atoms with Crippen LogP contribution in [-0.2, 0) is 4.79 Å². The van der Waals surface area contributed by atoms with Crippen molar-refractivity contribution >= 4 is 5.91 Å². The van der Waals surface area contributed by atoms with E-state index in [2.05, 4.69) is 39.2 Å². The quantitative estimate of drug-likeness (QED) is 0.832. The fraction of sp³-hybridized carbons (Fsp3) is 0.778. The number of amides is 1. The molecular formula is C18H31N5O. The van der Waals surface area contributed by atoms with Gasteiger partial charge in [0.1, 0.15) is 0 Å². The maximum absolute atomic E-state index is 12.5. The summed E-state index contributed by atoms with van der Waals surface area (Å²) in [4.78, 5) is 17.0. The van der Waals surface area contributed by atoms with Crippen molar-refractivity contribution in [2.24, 2.45) is 5.92 Å². The van der Waals surface area contributed by atoms with Gasteiger partial charge in [-0.1, -0.05) is 12.8 Å². The highest BCUT2D eigenvalue weighted by Crippen LogP contribution is 2.26. The van der Waals surface area contributed by atoms with Crippen molar-refractivity contribution < 1.29 is 4.79 Å². The lowest BCUT2D eigenvalue weighted by Gasteiger charge is -2.36. The highest BCUT2D eigenvalue weighted by atomic mass is 16.2. The number of hydrogen-bond acceptors (Lipinski definition) is 4. The molecular weight excluding hydrogens is 302 g/mol. The van der Waals surface area contributed by atoms with Crippen molar-refractivity contribution in [1.82, 2.24) is 25.3 Å². The first-order chi connectivity index (χ1) is 11.6. The summed E-state index contributed by atoms with van der Waals surface area (Å²) in [5.74, 6) is 0.728. The molecule has 2 N–H and O–H groups in total. The zero-order chi connectivity index (χ0) is 16.9. The van der Waals surface area contributed by atoms with Crippen LogP contribution in [0.1, 0.15) is 49.9 Å². The molecule has 1 saturated carbocycles. The van der Waals surface area contributed by atoms with Crippen LogP contribution in [0.15, 0.2) is 6.20 Å². The van der Waals surface area contributed by atoms with E-state index >= 15 is 0 Å². The molecule has 6 nitrogen and oxygen atoms in total. The third-order valence-corrected chi connectivity index (χ3v) is 5.60. The second-order valence-corrected chi connectivity index (χ2v) is 7.27. The van der Waals surface area contributed by atoms with Gasteiger partial charge >= 0.3 is 0 Å². The van der Waals surface area contributed by atoms with Crippen LogP contribution in [0.4, 0.5) is 0 Å². The number of aryl methyl sites for hydroxylation is 1. The number of carbonyl (C=O) groups is 1. The average Bonchev–Trinajstić information content (AvgIpc) is 3.26. The van der Waals surface area contributed by atoms with Crippen LogP contribution in [0.3, 0.4) is 0 Å². The smallest absolute Gasteiger partial charge is 0.225 e. The summed E-state index contributed by atoms with van der Waals surface area (Å²) in [6, 6.07) is 0.314. The molecule has 6 heteroatoms. The summed E-state index contributed by atoms with van der Waals surface area (Å²) in [5.41, 5.74) is 2.37. The molecule has 0 aromatic carbocycles. The van der Waals surface area contributed by atoms with E-state index in [1.807, 2.05) is 6.20 Å². The van der Waals surface area contributed by atoms with Crippen molar-refractivity contribution in [1.29, 1.82) is 0 Å². The molecule has 1 aromatic heterocycles. The second kappa shape index (κ2) is 8.12. The molecule has 3 rings (SSSR count). The van der Waals surface area contributed by atoms with Crippen LogP contribution in [0.2, 0.25) is 0 Å². The Balaban J connectivity index is 1.35. The Labute approximate surface area is 145 Å². The Bertz CT molecular complexity index is 529. The van der Waals surface area contributed by atoms with Gasteiger partial charge in [0.25, 0.3) is 0 Å². The van der Waals surface area contributed by atoms with Gasteiger partial charge in [0.2, 0.25) is 5.91 Å². The molecule has 1 atom stereocenters. The highest BCUT2D eigenvalue weighted by molar-refractivity contribution is 5.79. The van der Waals surface area contributed by atoms with Crippen LogP contribution in [0, 0.1) is 12.8 Å². The number of nitrogens with zero attached hydrogens (tertiary/aromatic N) is 3. The van der Waals surface area contributed by atoms with Crippen LogP contribution in [-0.4, -0.2) is 65.2 Å². The SMILES string of the molecule is Cc1[nH]ncc1[C@@H](C)NCCN1CCN(C(=O)C2CCCC2)CC1. The fourth-order valence-electron chi connectivity index (χ4n) is 3.97. The molecule has 0 spiro atoms. The zero-order valence-corrected chi connectivity index (χ0v) is 15.1. The van der Waals surface area contributed by atoms with Crippen LogP contribution >= 0.6 is 0 Å². The minimum atomic E-state index is 0.314. The third-order valence-electron chi connectivity index (χ3n) is 5.60. The predicted molar refractivity (Wildman–Crippen MR) is 94.7 cm³/mol. The molecule has 2 aliphatic rings.